The zero-order valence-electron chi connectivity index (χ0n) is 9.54. The van der Waals surface area contributed by atoms with Crippen LogP contribution in [0.15, 0.2) is 0 Å². The summed E-state index contributed by atoms with van der Waals surface area (Å²) in [5.41, 5.74) is 0. The molecule has 0 atom stereocenters. The molecule has 0 N–H and O–H groups in total. The van der Waals surface area contributed by atoms with Gasteiger partial charge in [0.15, 0.2) is 0 Å². The molecule has 0 aromatic rings. The van der Waals surface area contributed by atoms with Crippen LogP contribution in [-0.4, -0.2) is 35.0 Å². The van der Waals surface area contributed by atoms with Gasteiger partial charge in [0.1, 0.15) is 0 Å². The summed E-state index contributed by atoms with van der Waals surface area (Å²) in [6.45, 7) is 9.65. The standard InChI is InChI=1S/C10H22O3Si/c1-4-12-14(3,13-5-2)7-6-10-8-11-9-10/h10H,4-9H2,1-3H3. The van der Waals surface area contributed by atoms with Crippen molar-refractivity contribution in [1.82, 2.24) is 0 Å². The Hall–Kier alpha value is 0.0969. The van der Waals surface area contributed by atoms with Crippen molar-refractivity contribution < 1.29 is 13.6 Å². The van der Waals surface area contributed by atoms with Crippen LogP contribution in [0.2, 0.25) is 12.6 Å². The topological polar surface area (TPSA) is 27.7 Å². The van der Waals surface area contributed by atoms with Crippen LogP contribution in [0.5, 0.6) is 0 Å². The van der Waals surface area contributed by atoms with Crippen molar-refractivity contribution in [1.29, 1.82) is 0 Å². The molecule has 0 spiro atoms. The van der Waals surface area contributed by atoms with Crippen molar-refractivity contribution in [2.45, 2.75) is 32.9 Å². The van der Waals surface area contributed by atoms with E-state index >= 15 is 0 Å². The van der Waals surface area contributed by atoms with Gasteiger partial charge in [0.05, 0.1) is 13.2 Å². The quantitative estimate of drug-likeness (QED) is 0.613. The fraction of sp³-hybridized carbons (Fsp3) is 1.00. The minimum atomic E-state index is -1.85. The maximum absolute atomic E-state index is 5.76. The Kier molecular flexibility index (Phi) is 5.09. The lowest BCUT2D eigenvalue weighted by Gasteiger charge is -2.31. The van der Waals surface area contributed by atoms with Crippen LogP contribution >= 0.6 is 0 Å². The van der Waals surface area contributed by atoms with E-state index in [9.17, 15) is 0 Å². The molecule has 1 rings (SSSR count). The molecule has 0 radical (unpaired) electrons. The predicted octanol–water partition coefficient (Wildman–Crippen LogP) is 2.17. The van der Waals surface area contributed by atoms with Gasteiger partial charge < -0.3 is 13.6 Å². The molecule has 4 heteroatoms. The van der Waals surface area contributed by atoms with Crippen LogP contribution < -0.4 is 0 Å². The zero-order valence-corrected chi connectivity index (χ0v) is 10.5. The van der Waals surface area contributed by atoms with Gasteiger partial charge in [-0.2, -0.15) is 0 Å². The van der Waals surface area contributed by atoms with E-state index in [-0.39, 0.29) is 0 Å². The second kappa shape index (κ2) is 5.85. The van der Waals surface area contributed by atoms with Gasteiger partial charge in [-0.15, -0.1) is 0 Å². The monoisotopic (exact) mass is 218 g/mol. The molecule has 0 bridgehead atoms. The highest BCUT2D eigenvalue weighted by atomic mass is 28.4. The summed E-state index contributed by atoms with van der Waals surface area (Å²) in [7, 11) is -1.85. The molecule has 0 aromatic carbocycles. The average molecular weight is 218 g/mol. The normalized spacial score (nSPS) is 18.2. The first kappa shape index (κ1) is 12.2. The highest BCUT2D eigenvalue weighted by molar-refractivity contribution is 6.66. The maximum Gasteiger partial charge on any atom is 0.334 e. The van der Waals surface area contributed by atoms with Crippen molar-refractivity contribution >= 4 is 8.56 Å². The third kappa shape index (κ3) is 3.69. The molecular formula is C10H22O3Si. The van der Waals surface area contributed by atoms with Gasteiger partial charge in [0.25, 0.3) is 0 Å². The fourth-order valence-electron chi connectivity index (χ4n) is 1.71. The SMILES string of the molecule is CCO[Si](C)(CCC1COC1)OCC. The Bertz CT molecular complexity index is 153. The number of rotatable bonds is 7. The Balaban J connectivity index is 2.25. The van der Waals surface area contributed by atoms with E-state index in [0.29, 0.717) is 0 Å². The van der Waals surface area contributed by atoms with Gasteiger partial charge in [-0.05, 0) is 32.9 Å². The lowest BCUT2D eigenvalue weighted by atomic mass is 10.1. The third-order valence-electron chi connectivity index (χ3n) is 2.61. The molecule has 0 aliphatic carbocycles. The average Bonchev–Trinajstić information content (AvgIpc) is 2.02. The second-order valence-electron chi connectivity index (χ2n) is 3.94. The van der Waals surface area contributed by atoms with E-state index in [1.54, 1.807) is 0 Å². The van der Waals surface area contributed by atoms with Gasteiger partial charge in [0.2, 0.25) is 0 Å². The van der Waals surface area contributed by atoms with Gasteiger partial charge in [-0.3, -0.25) is 0 Å². The summed E-state index contributed by atoms with van der Waals surface area (Å²) in [6, 6.07) is 1.10. The van der Waals surface area contributed by atoms with Crippen LogP contribution in [-0.2, 0) is 13.6 Å². The first-order valence-electron chi connectivity index (χ1n) is 5.56. The Morgan fingerprint density at radius 1 is 1.21 bits per heavy atom. The number of hydrogen-bond acceptors (Lipinski definition) is 3. The number of ether oxygens (including phenoxy) is 1. The van der Waals surface area contributed by atoms with E-state index in [0.717, 1.165) is 38.4 Å². The first-order chi connectivity index (χ1) is 6.70. The van der Waals surface area contributed by atoms with E-state index in [1.807, 2.05) is 13.8 Å². The second-order valence-corrected chi connectivity index (χ2v) is 7.29. The molecule has 1 fully saturated rings. The molecule has 84 valence electrons. The van der Waals surface area contributed by atoms with E-state index < -0.39 is 8.56 Å². The van der Waals surface area contributed by atoms with Crippen LogP contribution in [0, 0.1) is 5.92 Å². The molecule has 14 heavy (non-hydrogen) atoms. The molecule has 1 heterocycles. The summed E-state index contributed by atoms with van der Waals surface area (Å²) in [5.74, 6) is 0.753. The summed E-state index contributed by atoms with van der Waals surface area (Å²) >= 11 is 0. The minimum absolute atomic E-state index is 0.753. The smallest absolute Gasteiger partial charge is 0.334 e. The van der Waals surface area contributed by atoms with E-state index in [2.05, 4.69) is 6.55 Å². The summed E-state index contributed by atoms with van der Waals surface area (Å²) in [6.07, 6.45) is 1.20. The molecule has 0 saturated carbocycles. The molecule has 1 aliphatic heterocycles. The molecule has 0 unspecified atom stereocenters. The lowest BCUT2D eigenvalue weighted by Crippen LogP contribution is -2.40. The Morgan fingerprint density at radius 3 is 2.14 bits per heavy atom. The third-order valence-corrected chi connectivity index (χ3v) is 5.61. The van der Waals surface area contributed by atoms with Crippen LogP contribution in [0.25, 0.3) is 0 Å². The highest BCUT2D eigenvalue weighted by Crippen LogP contribution is 2.23. The largest absolute Gasteiger partial charge is 0.395 e. The summed E-state index contributed by atoms with van der Waals surface area (Å²) in [5, 5.41) is 0. The van der Waals surface area contributed by atoms with Gasteiger partial charge in [-0.1, -0.05) is 0 Å². The Labute approximate surface area is 88.0 Å². The predicted molar refractivity (Wildman–Crippen MR) is 58.6 cm³/mol. The lowest BCUT2D eigenvalue weighted by molar-refractivity contribution is -0.0342. The highest BCUT2D eigenvalue weighted by Gasteiger charge is 2.32. The van der Waals surface area contributed by atoms with Crippen molar-refractivity contribution in [3.05, 3.63) is 0 Å². The molecular weight excluding hydrogens is 196 g/mol. The van der Waals surface area contributed by atoms with Gasteiger partial charge in [-0.25, -0.2) is 0 Å². The van der Waals surface area contributed by atoms with Crippen molar-refractivity contribution in [3.63, 3.8) is 0 Å². The molecule has 3 nitrogen and oxygen atoms in total. The number of hydrogen-bond donors (Lipinski definition) is 0. The molecule has 1 saturated heterocycles. The van der Waals surface area contributed by atoms with Gasteiger partial charge >= 0.3 is 8.56 Å². The van der Waals surface area contributed by atoms with Crippen LogP contribution in [0.3, 0.4) is 0 Å². The maximum atomic E-state index is 5.76. The van der Waals surface area contributed by atoms with Crippen molar-refractivity contribution in [2.24, 2.45) is 5.92 Å². The van der Waals surface area contributed by atoms with Crippen molar-refractivity contribution in [3.8, 4) is 0 Å². The first-order valence-corrected chi connectivity index (χ1v) is 8.08. The summed E-state index contributed by atoms with van der Waals surface area (Å²) < 4.78 is 16.7. The molecule has 0 aromatic heterocycles. The summed E-state index contributed by atoms with van der Waals surface area (Å²) in [4.78, 5) is 0. The van der Waals surface area contributed by atoms with E-state index in [4.69, 9.17) is 13.6 Å². The van der Waals surface area contributed by atoms with Crippen molar-refractivity contribution in [2.75, 3.05) is 26.4 Å². The Morgan fingerprint density at radius 2 is 1.79 bits per heavy atom. The van der Waals surface area contributed by atoms with Crippen LogP contribution in [0.4, 0.5) is 0 Å². The minimum Gasteiger partial charge on any atom is -0.395 e. The molecule has 0 amide bonds. The van der Waals surface area contributed by atoms with Crippen LogP contribution in [0.1, 0.15) is 20.3 Å². The van der Waals surface area contributed by atoms with E-state index in [1.165, 1.54) is 6.42 Å². The fourth-order valence-corrected chi connectivity index (χ4v) is 4.24. The van der Waals surface area contributed by atoms with Gasteiger partial charge in [0, 0.05) is 19.1 Å². The zero-order chi connectivity index (χ0) is 10.4. The molecule has 1 aliphatic rings.